The molecule has 0 bridgehead atoms. The van der Waals surface area contributed by atoms with Crippen LogP contribution in [0.2, 0.25) is 0 Å². The Bertz CT molecular complexity index is 171. The van der Waals surface area contributed by atoms with Crippen molar-refractivity contribution in [1.82, 2.24) is 0 Å². The fourth-order valence-corrected chi connectivity index (χ4v) is 0.469. The quantitative estimate of drug-likeness (QED) is 0.339. The van der Waals surface area contributed by atoms with E-state index in [0.717, 1.165) is 0 Å². The minimum absolute atomic E-state index is 0.190. The number of hydrogen-bond donors (Lipinski definition) is 6. The SMILES string of the molecule is NC(CS)C(=O)O.N[C@@H](CS)C(=O)O. The molecule has 0 aromatic heterocycles. The Labute approximate surface area is 92.5 Å². The van der Waals surface area contributed by atoms with E-state index < -0.39 is 24.0 Å². The molecule has 0 rings (SSSR count). The lowest BCUT2D eigenvalue weighted by molar-refractivity contribution is -0.138. The number of nitrogens with two attached hydrogens (primary N) is 2. The normalized spacial score (nSPS) is 13.4. The van der Waals surface area contributed by atoms with Crippen molar-refractivity contribution >= 4 is 37.2 Å². The van der Waals surface area contributed by atoms with Gasteiger partial charge in [0.25, 0.3) is 0 Å². The number of thiol groups is 2. The van der Waals surface area contributed by atoms with E-state index in [1.165, 1.54) is 0 Å². The minimum Gasteiger partial charge on any atom is -0.480 e. The highest BCUT2D eigenvalue weighted by Gasteiger charge is 2.06. The first-order valence-electron chi connectivity index (χ1n) is 3.55. The molecule has 6 nitrogen and oxygen atoms in total. The van der Waals surface area contributed by atoms with Crippen molar-refractivity contribution in [3.8, 4) is 0 Å². The maximum atomic E-state index is 9.76. The predicted octanol–water partition coefficient (Wildman–Crippen LogP) is -1.34. The zero-order valence-corrected chi connectivity index (χ0v) is 9.12. The smallest absolute Gasteiger partial charge is 0.321 e. The number of carboxylic acid groups (broad SMARTS) is 2. The third-order valence-corrected chi connectivity index (χ3v) is 1.81. The molecule has 0 heterocycles. The van der Waals surface area contributed by atoms with E-state index in [1.54, 1.807) is 0 Å². The summed E-state index contributed by atoms with van der Waals surface area (Å²) < 4.78 is 0. The van der Waals surface area contributed by atoms with E-state index in [-0.39, 0.29) is 11.5 Å². The Hall–Kier alpha value is -0.440. The van der Waals surface area contributed by atoms with Crippen molar-refractivity contribution in [2.24, 2.45) is 11.5 Å². The van der Waals surface area contributed by atoms with E-state index in [0.29, 0.717) is 0 Å². The summed E-state index contributed by atoms with van der Waals surface area (Å²) in [5.41, 5.74) is 9.88. The van der Waals surface area contributed by atoms with Gasteiger partial charge in [-0.25, -0.2) is 0 Å². The van der Waals surface area contributed by atoms with Gasteiger partial charge < -0.3 is 21.7 Å². The Morgan fingerprint density at radius 1 is 1.00 bits per heavy atom. The van der Waals surface area contributed by atoms with Crippen molar-refractivity contribution in [3.05, 3.63) is 0 Å². The summed E-state index contributed by atoms with van der Waals surface area (Å²) in [5, 5.41) is 16.0. The fourth-order valence-electron chi connectivity index (χ4n) is 0.156. The molecular weight excluding hydrogens is 228 g/mol. The molecule has 6 N–H and O–H groups in total. The van der Waals surface area contributed by atoms with Gasteiger partial charge in [0.15, 0.2) is 0 Å². The van der Waals surface area contributed by atoms with Crippen LogP contribution in [0.5, 0.6) is 0 Å². The number of hydrogen-bond acceptors (Lipinski definition) is 6. The summed E-state index contributed by atoms with van der Waals surface area (Å²) >= 11 is 7.30. The maximum Gasteiger partial charge on any atom is 0.321 e. The van der Waals surface area contributed by atoms with Crippen molar-refractivity contribution in [1.29, 1.82) is 0 Å². The molecule has 2 atom stereocenters. The molecule has 8 heteroatoms. The van der Waals surface area contributed by atoms with Crippen molar-refractivity contribution in [2.45, 2.75) is 12.1 Å². The third kappa shape index (κ3) is 9.65. The number of aliphatic carboxylic acids is 2. The highest BCUT2D eigenvalue weighted by Crippen LogP contribution is 1.80. The zero-order valence-electron chi connectivity index (χ0n) is 7.33. The molecule has 0 aliphatic heterocycles. The molecule has 0 saturated carbocycles. The van der Waals surface area contributed by atoms with E-state index in [1.807, 2.05) is 0 Å². The van der Waals surface area contributed by atoms with Gasteiger partial charge in [0.05, 0.1) is 0 Å². The van der Waals surface area contributed by atoms with Crippen LogP contribution in [-0.4, -0.2) is 45.7 Å². The van der Waals surface area contributed by atoms with Crippen molar-refractivity contribution in [3.63, 3.8) is 0 Å². The van der Waals surface area contributed by atoms with Crippen LogP contribution in [-0.2, 0) is 9.59 Å². The van der Waals surface area contributed by atoms with Crippen molar-refractivity contribution < 1.29 is 19.8 Å². The average molecular weight is 242 g/mol. The molecule has 0 aromatic rings. The monoisotopic (exact) mass is 242 g/mol. The standard InChI is InChI=1S/2C3H7NO2S/c2*4-2(1-7)3(5)6/h2*2,7H,1,4H2,(H,5,6)/t2-;/m0./s1. The second kappa shape index (κ2) is 9.13. The van der Waals surface area contributed by atoms with Gasteiger partial charge in [0, 0.05) is 11.5 Å². The van der Waals surface area contributed by atoms with Crippen molar-refractivity contribution in [2.75, 3.05) is 11.5 Å². The van der Waals surface area contributed by atoms with E-state index >= 15 is 0 Å². The molecule has 0 aromatic carbocycles. The fraction of sp³-hybridized carbons (Fsp3) is 0.667. The predicted molar refractivity (Wildman–Crippen MR) is 58.9 cm³/mol. The molecule has 0 radical (unpaired) electrons. The Balaban J connectivity index is 0. The molecular formula is C6H14N2O4S2. The van der Waals surface area contributed by atoms with E-state index in [4.69, 9.17) is 21.7 Å². The van der Waals surface area contributed by atoms with Gasteiger partial charge in [0.2, 0.25) is 0 Å². The summed E-state index contributed by atoms with van der Waals surface area (Å²) in [5.74, 6) is -1.63. The molecule has 0 saturated heterocycles. The largest absolute Gasteiger partial charge is 0.480 e. The first-order chi connectivity index (χ1) is 6.36. The minimum atomic E-state index is -1.00. The highest BCUT2D eigenvalue weighted by molar-refractivity contribution is 7.80. The molecule has 0 aliphatic carbocycles. The van der Waals surface area contributed by atoms with Gasteiger partial charge in [-0.2, -0.15) is 25.3 Å². The van der Waals surface area contributed by atoms with Gasteiger partial charge in [-0.3, -0.25) is 9.59 Å². The second-order valence-corrected chi connectivity index (χ2v) is 2.98. The topological polar surface area (TPSA) is 127 Å². The number of carbonyl (C=O) groups is 2. The lowest BCUT2D eigenvalue weighted by Crippen LogP contribution is -2.31. The Morgan fingerprint density at radius 3 is 1.21 bits per heavy atom. The first-order valence-corrected chi connectivity index (χ1v) is 4.81. The second-order valence-electron chi connectivity index (χ2n) is 2.25. The Morgan fingerprint density at radius 2 is 1.21 bits per heavy atom. The molecule has 84 valence electrons. The number of rotatable bonds is 4. The lowest BCUT2D eigenvalue weighted by atomic mass is 10.4. The van der Waals surface area contributed by atoms with Crippen LogP contribution in [0.4, 0.5) is 0 Å². The Kier molecular flexibility index (Phi) is 10.4. The van der Waals surface area contributed by atoms with Gasteiger partial charge in [-0.1, -0.05) is 0 Å². The lowest BCUT2D eigenvalue weighted by Gasteiger charge is -1.96. The number of carboxylic acids is 2. The molecule has 0 aliphatic rings. The van der Waals surface area contributed by atoms with Gasteiger partial charge in [0.1, 0.15) is 12.1 Å². The van der Waals surface area contributed by atoms with Crippen LogP contribution in [0, 0.1) is 0 Å². The van der Waals surface area contributed by atoms with E-state index in [2.05, 4.69) is 25.3 Å². The average Bonchev–Trinajstić information content (AvgIpc) is 2.15. The third-order valence-electron chi connectivity index (χ3n) is 1.03. The first kappa shape index (κ1) is 16.0. The maximum absolute atomic E-state index is 9.76. The molecule has 0 spiro atoms. The van der Waals surface area contributed by atoms with Crippen LogP contribution >= 0.6 is 25.3 Å². The molecule has 0 fully saturated rings. The summed E-state index contributed by atoms with van der Waals surface area (Å²) in [4.78, 5) is 19.5. The zero-order chi connectivity index (χ0) is 11.7. The van der Waals surface area contributed by atoms with Crippen LogP contribution in [0.1, 0.15) is 0 Å². The van der Waals surface area contributed by atoms with Gasteiger partial charge in [-0.05, 0) is 0 Å². The molecule has 0 amide bonds. The summed E-state index contributed by atoms with van der Waals surface area (Å²) in [6.07, 6.45) is 0. The van der Waals surface area contributed by atoms with Gasteiger partial charge >= 0.3 is 11.9 Å². The summed E-state index contributed by atoms with van der Waals surface area (Å²) in [7, 11) is 0. The van der Waals surface area contributed by atoms with Crippen LogP contribution in [0.15, 0.2) is 0 Å². The van der Waals surface area contributed by atoms with Crippen LogP contribution in [0.25, 0.3) is 0 Å². The molecule has 1 unspecified atom stereocenters. The molecule has 14 heavy (non-hydrogen) atoms. The summed E-state index contributed by atoms with van der Waals surface area (Å²) in [6, 6.07) is -1.63. The summed E-state index contributed by atoms with van der Waals surface area (Å²) in [6.45, 7) is 0. The van der Waals surface area contributed by atoms with Gasteiger partial charge in [-0.15, -0.1) is 0 Å². The van der Waals surface area contributed by atoms with E-state index in [9.17, 15) is 9.59 Å². The highest BCUT2D eigenvalue weighted by atomic mass is 32.1. The van der Waals surface area contributed by atoms with Crippen LogP contribution in [0.3, 0.4) is 0 Å². The van der Waals surface area contributed by atoms with Crippen LogP contribution < -0.4 is 11.5 Å².